The minimum atomic E-state index is -0.731. The van der Waals surface area contributed by atoms with Crippen molar-refractivity contribution >= 4 is 57.9 Å². The van der Waals surface area contributed by atoms with Gasteiger partial charge in [0.1, 0.15) is 18.1 Å². The summed E-state index contributed by atoms with van der Waals surface area (Å²) in [5.74, 6) is 0.151. The number of imidazole rings is 1. The number of amides is 6. The molecule has 0 bridgehead atoms. The monoisotopic (exact) mass is 746 g/mol. The van der Waals surface area contributed by atoms with E-state index in [2.05, 4.69) is 20.8 Å². The number of likely N-dealkylation sites (N-methyl/N-ethyl adjacent to an activating group) is 1. The maximum atomic E-state index is 13.6. The number of urea groups is 1. The molecule has 0 saturated carbocycles. The lowest BCUT2D eigenvalue weighted by Crippen LogP contribution is -2.53. The van der Waals surface area contributed by atoms with Gasteiger partial charge in [-0.05, 0) is 73.0 Å². The van der Waals surface area contributed by atoms with Gasteiger partial charge in [-0.2, -0.15) is 0 Å². The van der Waals surface area contributed by atoms with Crippen LogP contribution in [0.25, 0.3) is 16.7 Å². The molecule has 55 heavy (non-hydrogen) atoms. The second-order valence-electron chi connectivity index (χ2n) is 14.7. The number of benzene rings is 3. The molecule has 0 spiro atoms. The third kappa shape index (κ3) is 7.50. The third-order valence-corrected chi connectivity index (χ3v) is 9.73. The number of rotatable bonds is 10. The van der Waals surface area contributed by atoms with Crippen LogP contribution in [-0.4, -0.2) is 67.3 Å². The molecule has 5 aromatic rings. The molecule has 1 saturated heterocycles. The first-order chi connectivity index (χ1) is 26.3. The first-order valence-electron chi connectivity index (χ1n) is 18.2. The number of unbranched alkanes of at least 4 members (excludes halogenated alkanes) is 1. The Bertz CT molecular complexity index is 2310. The van der Waals surface area contributed by atoms with E-state index >= 15 is 0 Å². The summed E-state index contributed by atoms with van der Waals surface area (Å²) >= 11 is 0. The van der Waals surface area contributed by atoms with E-state index in [4.69, 9.17) is 9.36 Å². The van der Waals surface area contributed by atoms with Crippen molar-refractivity contribution in [2.45, 2.75) is 77.8 Å². The molecule has 6 amide bonds. The van der Waals surface area contributed by atoms with Crippen LogP contribution in [-0.2, 0) is 26.3 Å². The zero-order valence-electron chi connectivity index (χ0n) is 31.3. The molecule has 2 aliphatic heterocycles. The van der Waals surface area contributed by atoms with Gasteiger partial charge in [0.25, 0.3) is 17.7 Å². The number of nitrogens with one attached hydrogen (secondary N) is 2. The minimum absolute atomic E-state index is 0.173. The molecule has 0 aliphatic carbocycles. The van der Waals surface area contributed by atoms with Crippen LogP contribution in [0.15, 0.2) is 77.6 Å². The van der Waals surface area contributed by atoms with Crippen molar-refractivity contribution in [1.82, 2.24) is 24.5 Å². The second kappa shape index (κ2) is 14.7. The Balaban J connectivity index is 1.06. The molecule has 2 N–H and O–H groups in total. The van der Waals surface area contributed by atoms with Crippen LogP contribution >= 0.6 is 0 Å². The van der Waals surface area contributed by atoms with E-state index in [1.165, 1.54) is 17.0 Å². The lowest BCUT2D eigenvalue weighted by molar-refractivity contribution is -0.150. The SMILES string of the molecule is CCCCC(=O)N(Oc1ccc2c(c1)ncn2-c1ccc(NC(=O)Nc2cc(C(C)(C)C)on2)cc1)c1ccc2c(c1)CN(C1CCC(=O)N(C)C1=O)C2=O. The first-order valence-corrected chi connectivity index (χ1v) is 18.2. The number of carbonyl (C=O) groups excluding carboxylic acids is 5. The number of carbonyl (C=O) groups is 5. The molecule has 284 valence electrons. The van der Waals surface area contributed by atoms with Crippen LogP contribution in [0.3, 0.4) is 0 Å². The number of hydrogen-bond donors (Lipinski definition) is 2. The summed E-state index contributed by atoms with van der Waals surface area (Å²) in [4.78, 5) is 77.9. The maximum Gasteiger partial charge on any atom is 0.324 e. The van der Waals surface area contributed by atoms with E-state index in [-0.39, 0.29) is 48.9 Å². The first kappa shape index (κ1) is 36.8. The summed E-state index contributed by atoms with van der Waals surface area (Å²) in [5, 5.41) is 10.6. The van der Waals surface area contributed by atoms with E-state index in [0.29, 0.717) is 51.8 Å². The molecule has 4 heterocycles. The average Bonchev–Trinajstić information content (AvgIpc) is 3.89. The standard InChI is InChI=1S/C40H42N8O7/c1-6-7-8-36(50)48(27-13-15-29-24(19-27)22-46(37(29)51)32-17-18-35(49)45(5)38(32)52)55-28-14-16-31-30(20-28)41-23-47(31)26-11-9-25(10-12-26)42-39(53)43-34-21-33(54-44-34)40(2,3)4/h9-16,19-21,23,32H,6-8,17-18,22H2,1-5H3,(H2,42,43,44,53). The predicted octanol–water partition coefficient (Wildman–Crippen LogP) is 6.58. The van der Waals surface area contributed by atoms with E-state index in [0.717, 1.165) is 22.5 Å². The van der Waals surface area contributed by atoms with Crippen molar-refractivity contribution < 1.29 is 33.3 Å². The van der Waals surface area contributed by atoms with Crippen LogP contribution < -0.4 is 20.5 Å². The van der Waals surface area contributed by atoms with Crippen LogP contribution in [0.4, 0.5) is 22.0 Å². The number of aromatic nitrogens is 3. The summed E-state index contributed by atoms with van der Waals surface area (Å²) in [7, 11) is 1.44. The van der Waals surface area contributed by atoms with Gasteiger partial charge in [-0.1, -0.05) is 39.3 Å². The second-order valence-corrected chi connectivity index (χ2v) is 14.7. The molecule has 2 aliphatic rings. The van der Waals surface area contributed by atoms with E-state index in [1.54, 1.807) is 54.9 Å². The van der Waals surface area contributed by atoms with Gasteiger partial charge in [-0.3, -0.25) is 34.0 Å². The van der Waals surface area contributed by atoms with E-state index < -0.39 is 18.0 Å². The topological polar surface area (TPSA) is 172 Å². The molecule has 15 nitrogen and oxygen atoms in total. The number of likely N-dealkylation sites (tertiary alicyclic amines) is 1. The number of anilines is 3. The number of hydroxylamine groups is 1. The van der Waals surface area contributed by atoms with Crippen LogP contribution in [0, 0.1) is 0 Å². The lowest BCUT2D eigenvalue weighted by Gasteiger charge is -2.33. The number of imide groups is 1. The van der Waals surface area contributed by atoms with Crippen LogP contribution in [0.5, 0.6) is 5.75 Å². The minimum Gasteiger partial charge on any atom is -0.372 e. The Morgan fingerprint density at radius 1 is 1.00 bits per heavy atom. The molecule has 0 radical (unpaired) electrons. The predicted molar refractivity (Wildman–Crippen MR) is 204 cm³/mol. The Kier molecular flexibility index (Phi) is 9.86. The summed E-state index contributed by atoms with van der Waals surface area (Å²) in [6, 6.07) is 18.2. The quantitative estimate of drug-likeness (QED) is 0.118. The van der Waals surface area contributed by atoms with Crippen molar-refractivity contribution in [3.8, 4) is 11.4 Å². The van der Waals surface area contributed by atoms with Crippen molar-refractivity contribution in [2.75, 3.05) is 22.7 Å². The van der Waals surface area contributed by atoms with E-state index in [9.17, 15) is 24.0 Å². The highest BCUT2D eigenvalue weighted by Gasteiger charge is 2.41. The average molecular weight is 747 g/mol. The fourth-order valence-corrected chi connectivity index (χ4v) is 6.60. The Hall–Kier alpha value is -6.51. The van der Waals surface area contributed by atoms with Gasteiger partial charge in [0.05, 0.1) is 16.7 Å². The Morgan fingerprint density at radius 3 is 2.51 bits per heavy atom. The Labute approximate surface area is 317 Å². The van der Waals surface area contributed by atoms with E-state index in [1.807, 2.05) is 50.5 Å². The smallest absolute Gasteiger partial charge is 0.324 e. The van der Waals surface area contributed by atoms with Crippen molar-refractivity contribution in [3.63, 3.8) is 0 Å². The number of hydrogen-bond acceptors (Lipinski definition) is 9. The zero-order chi connectivity index (χ0) is 39.0. The molecular weight excluding hydrogens is 704 g/mol. The summed E-state index contributed by atoms with van der Waals surface area (Å²) in [6.45, 7) is 8.15. The highest BCUT2D eigenvalue weighted by atomic mass is 16.7. The molecule has 7 rings (SSSR count). The molecule has 15 heteroatoms. The molecule has 1 fully saturated rings. The van der Waals surface area contributed by atoms with Gasteiger partial charge >= 0.3 is 6.03 Å². The van der Waals surface area contributed by atoms with Gasteiger partial charge in [0.15, 0.2) is 11.6 Å². The normalized spacial score (nSPS) is 15.7. The largest absolute Gasteiger partial charge is 0.372 e. The zero-order valence-corrected chi connectivity index (χ0v) is 31.3. The number of fused-ring (bicyclic) bond motifs is 2. The van der Waals surface area contributed by atoms with Gasteiger partial charge in [-0.25, -0.2) is 9.78 Å². The molecule has 2 aromatic heterocycles. The highest BCUT2D eigenvalue weighted by molar-refractivity contribution is 6.06. The fourth-order valence-electron chi connectivity index (χ4n) is 6.60. The molecule has 1 atom stereocenters. The molecule has 1 unspecified atom stereocenters. The highest BCUT2D eigenvalue weighted by Crippen LogP contribution is 2.33. The van der Waals surface area contributed by atoms with Gasteiger partial charge < -0.3 is 19.6 Å². The Morgan fingerprint density at radius 2 is 1.78 bits per heavy atom. The maximum absolute atomic E-state index is 13.6. The van der Waals surface area contributed by atoms with Crippen LogP contribution in [0.2, 0.25) is 0 Å². The summed E-state index contributed by atoms with van der Waals surface area (Å²) in [5.41, 5.74) is 4.10. The van der Waals surface area contributed by atoms with Crippen molar-refractivity contribution in [2.24, 2.45) is 0 Å². The van der Waals surface area contributed by atoms with Gasteiger partial charge in [-0.15, -0.1) is 5.06 Å². The van der Waals surface area contributed by atoms with Gasteiger partial charge in [0, 0.05) is 60.9 Å². The fraction of sp³-hybridized carbons (Fsp3) is 0.325. The summed E-state index contributed by atoms with van der Waals surface area (Å²) in [6.07, 6.45) is 3.85. The lowest BCUT2D eigenvalue weighted by atomic mass is 9.93. The molecule has 3 aromatic carbocycles. The van der Waals surface area contributed by atoms with Crippen molar-refractivity contribution in [1.29, 1.82) is 0 Å². The van der Waals surface area contributed by atoms with Gasteiger partial charge in [0.2, 0.25) is 5.91 Å². The van der Waals surface area contributed by atoms with Crippen molar-refractivity contribution in [3.05, 3.63) is 89.9 Å². The number of nitrogens with zero attached hydrogens (tertiary/aromatic N) is 6. The molecular formula is C40H42N8O7. The number of piperidine rings is 1. The third-order valence-electron chi connectivity index (χ3n) is 9.73. The summed E-state index contributed by atoms with van der Waals surface area (Å²) < 4.78 is 7.23. The van der Waals surface area contributed by atoms with Crippen LogP contribution in [0.1, 0.15) is 81.5 Å².